The molecule has 2 heterocycles. The first kappa shape index (κ1) is 23.6. The van der Waals surface area contributed by atoms with Gasteiger partial charge in [-0.1, -0.05) is 12.1 Å². The zero-order valence-electron chi connectivity index (χ0n) is 17.6. The molecular formula is C22H29ClFN5O2. The summed E-state index contributed by atoms with van der Waals surface area (Å²) >= 11 is 5.76. The maximum absolute atomic E-state index is 13.3. The van der Waals surface area contributed by atoms with Gasteiger partial charge in [-0.05, 0) is 66.9 Å². The molecule has 1 aliphatic heterocycles. The minimum Gasteiger partial charge on any atom is -0.385 e. The number of pyridine rings is 1. The predicted octanol–water partition coefficient (Wildman–Crippen LogP) is 2.05. The number of nitrogens with two attached hydrogens (primary N) is 1. The Hall–Kier alpha value is -2.10. The van der Waals surface area contributed by atoms with E-state index in [0.29, 0.717) is 37.2 Å². The van der Waals surface area contributed by atoms with E-state index in [4.69, 9.17) is 17.5 Å². The van der Waals surface area contributed by atoms with Gasteiger partial charge in [0.15, 0.2) is 0 Å². The van der Waals surface area contributed by atoms with Crippen LogP contribution in [0.4, 0.5) is 4.39 Å². The van der Waals surface area contributed by atoms with Crippen LogP contribution in [0.15, 0.2) is 42.7 Å². The Balaban J connectivity index is 1.71. The molecule has 3 rings (SSSR count). The van der Waals surface area contributed by atoms with Gasteiger partial charge in [0, 0.05) is 44.4 Å². The average Bonchev–Trinajstić information content (AvgIpc) is 2.76. The highest BCUT2D eigenvalue weighted by Crippen LogP contribution is 2.38. The molecule has 1 amide bonds. The smallest absolute Gasteiger partial charge is 0.248 e. The van der Waals surface area contributed by atoms with Crippen molar-refractivity contribution in [1.29, 1.82) is 0 Å². The number of carbonyl (C=O) groups is 1. The maximum atomic E-state index is 13.3. The molecule has 1 fully saturated rings. The second kappa shape index (κ2) is 10.5. The van der Waals surface area contributed by atoms with E-state index in [9.17, 15) is 14.3 Å². The van der Waals surface area contributed by atoms with Gasteiger partial charge in [-0.2, -0.15) is 4.94 Å². The quantitative estimate of drug-likeness (QED) is 0.400. The van der Waals surface area contributed by atoms with Gasteiger partial charge in [-0.3, -0.25) is 9.78 Å². The zero-order valence-corrected chi connectivity index (χ0v) is 18.4. The topological polar surface area (TPSA) is 94.7 Å². The summed E-state index contributed by atoms with van der Waals surface area (Å²) in [6.45, 7) is 2.68. The van der Waals surface area contributed by atoms with Crippen LogP contribution >= 0.6 is 11.8 Å². The average molecular weight is 450 g/mol. The Bertz CT molecular complexity index is 902. The number of nitrogens with zero attached hydrogens (tertiary/aromatic N) is 3. The number of piperidine rings is 1. The molecular weight excluding hydrogens is 421 g/mol. The number of nitrogens with one attached hydrogen (secondary N) is 1. The van der Waals surface area contributed by atoms with Crippen LogP contribution in [0.25, 0.3) is 0 Å². The van der Waals surface area contributed by atoms with E-state index >= 15 is 0 Å². The first-order valence-electron chi connectivity index (χ1n) is 10.3. The molecule has 1 aromatic heterocycles. The Kier molecular flexibility index (Phi) is 7.96. The summed E-state index contributed by atoms with van der Waals surface area (Å²) in [4.78, 5) is 20.4. The van der Waals surface area contributed by atoms with E-state index in [2.05, 4.69) is 14.8 Å². The molecule has 1 saturated heterocycles. The molecule has 2 atom stereocenters. The molecule has 0 spiro atoms. The number of rotatable bonds is 9. The van der Waals surface area contributed by atoms with Gasteiger partial charge in [-0.25, -0.2) is 9.40 Å². The summed E-state index contributed by atoms with van der Waals surface area (Å²) in [7, 11) is 1.81. The van der Waals surface area contributed by atoms with Gasteiger partial charge >= 0.3 is 0 Å². The lowest BCUT2D eigenvalue weighted by atomic mass is 9.75. The van der Waals surface area contributed by atoms with Crippen LogP contribution in [0.2, 0.25) is 0 Å². The van der Waals surface area contributed by atoms with Crippen molar-refractivity contribution < 1.29 is 14.3 Å². The molecule has 7 nitrogen and oxygen atoms in total. The molecule has 0 aliphatic carbocycles. The van der Waals surface area contributed by atoms with E-state index in [0.717, 1.165) is 24.9 Å². The molecule has 4 N–H and O–H groups in total. The molecule has 31 heavy (non-hydrogen) atoms. The highest BCUT2D eigenvalue weighted by molar-refractivity contribution is 6.13. The summed E-state index contributed by atoms with van der Waals surface area (Å²) in [5, 5.41) is 13.4. The number of halogens is 2. The van der Waals surface area contributed by atoms with Crippen LogP contribution in [0.3, 0.4) is 0 Å². The number of aliphatic hydroxyl groups is 1. The molecule has 168 valence electrons. The molecule has 2 aromatic rings. The third-order valence-corrected chi connectivity index (χ3v) is 6.24. The van der Waals surface area contributed by atoms with Crippen molar-refractivity contribution in [1.82, 2.24) is 19.8 Å². The lowest BCUT2D eigenvalue weighted by Gasteiger charge is -2.46. The number of hydrogen-bond acceptors (Lipinski definition) is 6. The van der Waals surface area contributed by atoms with Gasteiger partial charge in [0.1, 0.15) is 5.82 Å². The lowest BCUT2D eigenvalue weighted by Crippen LogP contribution is -2.54. The van der Waals surface area contributed by atoms with Crippen LogP contribution < -0.4 is 10.7 Å². The van der Waals surface area contributed by atoms with Crippen LogP contribution in [0, 0.1) is 11.7 Å². The van der Waals surface area contributed by atoms with Crippen molar-refractivity contribution in [3.8, 4) is 0 Å². The van der Waals surface area contributed by atoms with Crippen molar-refractivity contribution in [2.24, 2.45) is 11.7 Å². The van der Waals surface area contributed by atoms with Crippen molar-refractivity contribution in [2.45, 2.75) is 24.9 Å². The van der Waals surface area contributed by atoms with Crippen LogP contribution in [-0.2, 0) is 12.0 Å². The van der Waals surface area contributed by atoms with Crippen molar-refractivity contribution in [3.63, 3.8) is 0 Å². The minimum atomic E-state index is -1.11. The number of amides is 1. The highest BCUT2D eigenvalue weighted by Gasteiger charge is 2.43. The Morgan fingerprint density at radius 3 is 2.97 bits per heavy atom. The number of carbonyl (C=O) groups excluding carboxylic acids is 1. The minimum absolute atomic E-state index is 0.156. The molecule has 0 bridgehead atoms. The summed E-state index contributed by atoms with van der Waals surface area (Å²) < 4.78 is 13.3. The van der Waals surface area contributed by atoms with Gasteiger partial charge < -0.3 is 15.7 Å². The number of primary amides is 1. The van der Waals surface area contributed by atoms with Crippen LogP contribution in [0.1, 0.15) is 34.3 Å². The number of aromatic nitrogens is 1. The normalized spacial score (nSPS) is 22.0. The second-order valence-electron chi connectivity index (χ2n) is 8.20. The van der Waals surface area contributed by atoms with Crippen molar-refractivity contribution in [3.05, 3.63) is 65.2 Å². The molecule has 9 heteroatoms. The third-order valence-electron chi connectivity index (χ3n) is 5.95. The van der Waals surface area contributed by atoms with Gasteiger partial charge in [0.05, 0.1) is 11.8 Å². The highest BCUT2D eigenvalue weighted by atomic mass is 35.5. The molecule has 1 aliphatic rings. The van der Waals surface area contributed by atoms with Gasteiger partial charge in [-0.15, -0.1) is 0 Å². The first-order valence-corrected chi connectivity index (χ1v) is 10.7. The molecule has 0 radical (unpaired) electrons. The number of benzene rings is 1. The Morgan fingerprint density at radius 2 is 2.26 bits per heavy atom. The molecule has 0 saturated carbocycles. The molecule has 1 aromatic carbocycles. The van der Waals surface area contributed by atoms with Crippen LogP contribution in [-0.4, -0.2) is 59.1 Å². The Morgan fingerprint density at radius 1 is 1.45 bits per heavy atom. The van der Waals surface area contributed by atoms with Crippen LogP contribution in [0.5, 0.6) is 0 Å². The predicted molar refractivity (Wildman–Crippen MR) is 118 cm³/mol. The number of aryl methyl sites for hydroxylation is 1. The van der Waals surface area contributed by atoms with E-state index in [-0.39, 0.29) is 11.7 Å². The first-order chi connectivity index (χ1) is 14.8. The largest absolute Gasteiger partial charge is 0.385 e. The van der Waals surface area contributed by atoms with E-state index < -0.39 is 11.5 Å². The number of likely N-dealkylation sites (tertiary alicyclic amines) is 1. The lowest BCUT2D eigenvalue weighted by molar-refractivity contribution is -0.0876. The van der Waals surface area contributed by atoms with E-state index in [1.165, 1.54) is 12.3 Å². The van der Waals surface area contributed by atoms with E-state index in [1.807, 2.05) is 13.1 Å². The molecule has 0 unspecified atom stereocenters. The summed E-state index contributed by atoms with van der Waals surface area (Å²) in [5.41, 5.74) is 6.25. The van der Waals surface area contributed by atoms with Gasteiger partial charge in [0.2, 0.25) is 5.91 Å². The fraction of sp³-hybridized carbons (Fsp3) is 0.455. The number of hydrogen-bond donors (Lipinski definition) is 3. The SMILES string of the molecule is CN(C[C@H]1CN(CCCc2cncc(F)c2)CC[C@]1(O)c1cccc(C(N)=O)c1)NCl. The van der Waals surface area contributed by atoms with Gasteiger partial charge in [0.25, 0.3) is 0 Å². The second-order valence-corrected chi connectivity index (χ2v) is 8.37. The summed E-state index contributed by atoms with van der Waals surface area (Å²) in [5.74, 6) is -1.00. The van der Waals surface area contributed by atoms with E-state index in [1.54, 1.807) is 29.4 Å². The zero-order chi connectivity index (χ0) is 22.4. The standard InChI is InChI=1S/C22H29ClFN5O2/c1-28(27-23)14-19-15-29(8-3-4-16-10-20(24)13-26-12-16)9-7-22(19,31)18-6-2-5-17(11-18)21(25)30/h2,5-6,10-13,19,27,31H,3-4,7-9,14-15H2,1H3,(H2,25,30)/t19-,22-/m0/s1. The van der Waals surface area contributed by atoms with Crippen molar-refractivity contribution >= 4 is 17.7 Å². The number of hydrazine groups is 1. The van der Waals surface area contributed by atoms with Crippen molar-refractivity contribution in [2.75, 3.05) is 33.2 Å². The fourth-order valence-electron chi connectivity index (χ4n) is 4.28. The maximum Gasteiger partial charge on any atom is 0.248 e. The Labute approximate surface area is 187 Å². The summed E-state index contributed by atoms with van der Waals surface area (Å²) in [6, 6.07) is 8.41. The monoisotopic (exact) mass is 449 g/mol. The summed E-state index contributed by atoms with van der Waals surface area (Å²) in [6.07, 6.45) is 5.00. The third kappa shape index (κ3) is 5.99. The fourth-order valence-corrected chi connectivity index (χ4v) is 4.35.